The van der Waals surface area contributed by atoms with Gasteiger partial charge in [0, 0.05) is 77.2 Å². The Morgan fingerprint density at radius 1 is 1.00 bits per heavy atom. The first-order chi connectivity index (χ1) is 13.2. The summed E-state index contributed by atoms with van der Waals surface area (Å²) in [5.74, 6) is 1.87. The van der Waals surface area contributed by atoms with Crippen LogP contribution in [0.15, 0.2) is 12.3 Å². The number of rotatable bonds is 5. The van der Waals surface area contributed by atoms with Gasteiger partial charge in [-0.25, -0.2) is 4.98 Å². The van der Waals surface area contributed by atoms with Crippen molar-refractivity contribution >= 4 is 11.8 Å². The Balaban J connectivity index is 1.34. The summed E-state index contributed by atoms with van der Waals surface area (Å²) < 4.78 is 7.20. The first-order valence-electron chi connectivity index (χ1n) is 9.68. The fourth-order valence-corrected chi connectivity index (χ4v) is 3.59. The zero-order valence-corrected chi connectivity index (χ0v) is 16.2. The molecule has 9 heteroatoms. The molecule has 2 aromatic rings. The Hall–Kier alpha value is -2.26. The molecule has 0 bridgehead atoms. The van der Waals surface area contributed by atoms with Crippen LogP contribution in [0.3, 0.4) is 0 Å². The van der Waals surface area contributed by atoms with Crippen molar-refractivity contribution in [2.75, 3.05) is 68.8 Å². The standard InChI is InChI=1S/C18H28N8O/c1-15-13-17(20-18(19-15)26-9-11-27-12-10-26)25-7-5-24(6-8-25)4-3-16-14-23(2)22-21-16/h13-14H,3-12H2,1-2H3. The monoisotopic (exact) mass is 372 g/mol. The Labute approximate surface area is 159 Å². The van der Waals surface area contributed by atoms with Gasteiger partial charge in [-0.2, -0.15) is 4.98 Å². The summed E-state index contributed by atoms with van der Waals surface area (Å²) in [4.78, 5) is 16.6. The third-order valence-electron chi connectivity index (χ3n) is 5.15. The highest BCUT2D eigenvalue weighted by Gasteiger charge is 2.21. The Bertz CT molecular complexity index is 750. The maximum atomic E-state index is 5.44. The number of anilines is 2. The van der Waals surface area contributed by atoms with Crippen LogP contribution < -0.4 is 9.80 Å². The average molecular weight is 372 g/mol. The molecule has 0 saturated carbocycles. The smallest absolute Gasteiger partial charge is 0.227 e. The molecule has 0 aromatic carbocycles. The quantitative estimate of drug-likeness (QED) is 0.732. The molecule has 0 aliphatic carbocycles. The van der Waals surface area contributed by atoms with E-state index in [0.717, 1.165) is 88.6 Å². The molecule has 4 heterocycles. The molecule has 2 aliphatic rings. The first-order valence-corrected chi connectivity index (χ1v) is 9.68. The van der Waals surface area contributed by atoms with Crippen molar-refractivity contribution in [1.29, 1.82) is 0 Å². The Kier molecular flexibility index (Phi) is 5.49. The van der Waals surface area contributed by atoms with Crippen LogP contribution in [0.25, 0.3) is 0 Å². The number of morpholine rings is 1. The molecule has 27 heavy (non-hydrogen) atoms. The van der Waals surface area contributed by atoms with Gasteiger partial charge in [0.2, 0.25) is 5.95 Å². The van der Waals surface area contributed by atoms with Crippen LogP contribution in [0.1, 0.15) is 11.4 Å². The van der Waals surface area contributed by atoms with Crippen molar-refractivity contribution < 1.29 is 4.74 Å². The molecule has 0 unspecified atom stereocenters. The van der Waals surface area contributed by atoms with Crippen molar-refractivity contribution in [2.45, 2.75) is 13.3 Å². The lowest BCUT2D eigenvalue weighted by atomic mass is 10.2. The lowest BCUT2D eigenvalue weighted by Crippen LogP contribution is -2.47. The van der Waals surface area contributed by atoms with E-state index < -0.39 is 0 Å². The number of aryl methyl sites for hydroxylation is 2. The fraction of sp³-hybridized carbons (Fsp3) is 0.667. The molecule has 2 aromatic heterocycles. The van der Waals surface area contributed by atoms with E-state index in [-0.39, 0.29) is 0 Å². The molecule has 4 rings (SSSR count). The first kappa shape index (κ1) is 18.1. The minimum Gasteiger partial charge on any atom is -0.378 e. The second-order valence-electron chi connectivity index (χ2n) is 7.23. The van der Waals surface area contributed by atoms with Crippen LogP contribution in [0.2, 0.25) is 0 Å². The molecule has 0 amide bonds. The third kappa shape index (κ3) is 4.54. The molecule has 9 nitrogen and oxygen atoms in total. The zero-order chi connectivity index (χ0) is 18.6. The van der Waals surface area contributed by atoms with Gasteiger partial charge in [-0.1, -0.05) is 5.21 Å². The van der Waals surface area contributed by atoms with Crippen molar-refractivity contribution in [1.82, 2.24) is 29.9 Å². The Morgan fingerprint density at radius 3 is 2.48 bits per heavy atom. The number of hydrogen-bond donors (Lipinski definition) is 0. The summed E-state index contributed by atoms with van der Waals surface area (Å²) >= 11 is 0. The summed E-state index contributed by atoms with van der Waals surface area (Å²) in [7, 11) is 1.91. The van der Waals surface area contributed by atoms with Crippen molar-refractivity contribution in [3.8, 4) is 0 Å². The van der Waals surface area contributed by atoms with Gasteiger partial charge in [-0.15, -0.1) is 5.10 Å². The van der Waals surface area contributed by atoms with Crippen LogP contribution in [0.5, 0.6) is 0 Å². The van der Waals surface area contributed by atoms with Gasteiger partial charge in [0.15, 0.2) is 0 Å². The predicted molar refractivity (Wildman–Crippen MR) is 103 cm³/mol. The second-order valence-corrected chi connectivity index (χ2v) is 7.23. The van der Waals surface area contributed by atoms with Crippen LogP contribution in [0, 0.1) is 6.92 Å². The number of hydrogen-bond acceptors (Lipinski definition) is 8. The maximum Gasteiger partial charge on any atom is 0.227 e. The van der Waals surface area contributed by atoms with Crippen molar-refractivity contribution in [2.24, 2.45) is 7.05 Å². The molecule has 2 aliphatic heterocycles. The van der Waals surface area contributed by atoms with E-state index in [1.165, 1.54) is 0 Å². The number of piperazine rings is 1. The lowest BCUT2D eigenvalue weighted by molar-refractivity contribution is 0.122. The molecular weight excluding hydrogens is 344 g/mol. The molecule has 146 valence electrons. The lowest BCUT2D eigenvalue weighted by Gasteiger charge is -2.36. The second kappa shape index (κ2) is 8.18. The minimum absolute atomic E-state index is 0.747. The summed E-state index contributed by atoms with van der Waals surface area (Å²) in [5, 5.41) is 8.17. The highest BCUT2D eigenvalue weighted by atomic mass is 16.5. The normalized spacial score (nSPS) is 18.9. The van der Waals surface area contributed by atoms with Crippen molar-refractivity contribution in [3.63, 3.8) is 0 Å². The van der Waals surface area contributed by atoms with Gasteiger partial charge in [-0.05, 0) is 6.92 Å². The van der Waals surface area contributed by atoms with Gasteiger partial charge in [-0.3, -0.25) is 9.58 Å². The summed E-state index contributed by atoms with van der Waals surface area (Å²) in [6.45, 7) is 10.3. The van der Waals surface area contributed by atoms with E-state index in [4.69, 9.17) is 9.72 Å². The molecule has 0 atom stereocenters. The van der Waals surface area contributed by atoms with Crippen LogP contribution >= 0.6 is 0 Å². The number of ether oxygens (including phenoxy) is 1. The number of aromatic nitrogens is 5. The van der Waals surface area contributed by atoms with Gasteiger partial charge in [0.25, 0.3) is 0 Å². The molecule has 0 spiro atoms. The topological polar surface area (TPSA) is 75.4 Å². The van der Waals surface area contributed by atoms with Gasteiger partial charge in [0.1, 0.15) is 5.82 Å². The summed E-state index contributed by atoms with van der Waals surface area (Å²) in [5.41, 5.74) is 2.08. The van der Waals surface area contributed by atoms with E-state index in [1.807, 2.05) is 20.2 Å². The van der Waals surface area contributed by atoms with E-state index in [0.29, 0.717) is 0 Å². The molecule has 2 fully saturated rings. The molecular formula is C18H28N8O. The number of nitrogens with zero attached hydrogens (tertiary/aromatic N) is 8. The maximum absolute atomic E-state index is 5.44. The molecule has 0 radical (unpaired) electrons. The van der Waals surface area contributed by atoms with Gasteiger partial charge < -0.3 is 14.5 Å². The van der Waals surface area contributed by atoms with E-state index in [1.54, 1.807) is 4.68 Å². The van der Waals surface area contributed by atoms with Crippen molar-refractivity contribution in [3.05, 3.63) is 23.7 Å². The van der Waals surface area contributed by atoms with E-state index in [9.17, 15) is 0 Å². The largest absolute Gasteiger partial charge is 0.378 e. The highest BCUT2D eigenvalue weighted by molar-refractivity contribution is 5.46. The zero-order valence-electron chi connectivity index (χ0n) is 16.2. The van der Waals surface area contributed by atoms with Gasteiger partial charge in [0.05, 0.1) is 18.9 Å². The highest BCUT2D eigenvalue weighted by Crippen LogP contribution is 2.19. The van der Waals surface area contributed by atoms with E-state index in [2.05, 4.69) is 36.1 Å². The molecule has 2 saturated heterocycles. The summed E-state index contributed by atoms with van der Waals surface area (Å²) in [6.07, 6.45) is 2.94. The third-order valence-corrected chi connectivity index (χ3v) is 5.15. The van der Waals surface area contributed by atoms with Crippen LogP contribution in [-0.4, -0.2) is 88.9 Å². The van der Waals surface area contributed by atoms with Gasteiger partial charge >= 0.3 is 0 Å². The molecule has 0 N–H and O–H groups in total. The SMILES string of the molecule is Cc1cc(N2CCN(CCc3cn(C)nn3)CC2)nc(N2CCOCC2)n1. The van der Waals surface area contributed by atoms with Crippen LogP contribution in [0.4, 0.5) is 11.8 Å². The Morgan fingerprint density at radius 2 is 1.78 bits per heavy atom. The van der Waals surface area contributed by atoms with Crippen LogP contribution in [-0.2, 0) is 18.2 Å². The fourth-order valence-electron chi connectivity index (χ4n) is 3.59. The average Bonchev–Trinajstić information content (AvgIpc) is 3.12. The predicted octanol–water partition coefficient (Wildman–Crippen LogP) is 0.115. The summed E-state index contributed by atoms with van der Waals surface area (Å²) in [6, 6.07) is 2.10. The van der Waals surface area contributed by atoms with E-state index >= 15 is 0 Å². The minimum atomic E-state index is 0.747.